The zero-order valence-corrected chi connectivity index (χ0v) is 11.6. The Bertz CT molecular complexity index is 426. The van der Waals surface area contributed by atoms with E-state index in [1.54, 1.807) is 0 Å². The summed E-state index contributed by atoms with van der Waals surface area (Å²) in [4.78, 5) is 6.18. The first-order valence-electron chi connectivity index (χ1n) is 6.99. The van der Waals surface area contributed by atoms with Crippen LogP contribution in [0.4, 0.5) is 19.0 Å². The molecule has 0 bridgehead atoms. The second-order valence-electron chi connectivity index (χ2n) is 5.16. The lowest BCUT2D eigenvalue weighted by molar-refractivity contribution is -0.137. The van der Waals surface area contributed by atoms with Crippen LogP contribution in [0.2, 0.25) is 0 Å². The highest BCUT2D eigenvalue weighted by Crippen LogP contribution is 2.33. The van der Waals surface area contributed by atoms with E-state index in [1.165, 1.54) is 12.3 Å². The number of nitrogens with zero attached hydrogens (tertiary/aromatic N) is 2. The van der Waals surface area contributed by atoms with Gasteiger partial charge in [0.05, 0.1) is 5.56 Å². The number of pyridine rings is 1. The van der Waals surface area contributed by atoms with E-state index in [0.29, 0.717) is 12.5 Å². The first-order valence-corrected chi connectivity index (χ1v) is 6.99. The van der Waals surface area contributed by atoms with Gasteiger partial charge in [-0.05, 0) is 50.5 Å². The molecular formula is C14H20F3N3. The molecule has 0 unspecified atom stereocenters. The molecule has 1 aliphatic heterocycles. The maximum absolute atomic E-state index is 12.8. The molecule has 1 fully saturated rings. The molecule has 6 heteroatoms. The van der Waals surface area contributed by atoms with Crippen molar-refractivity contribution in [3.05, 3.63) is 23.9 Å². The number of aromatic nitrogens is 1. The molecule has 0 amide bonds. The average Bonchev–Trinajstić information content (AvgIpc) is 2.45. The van der Waals surface area contributed by atoms with E-state index in [-0.39, 0.29) is 5.82 Å². The van der Waals surface area contributed by atoms with E-state index in [2.05, 4.69) is 22.1 Å². The number of alkyl halides is 3. The standard InChI is InChI=1S/C14H20F3N3/c1-2-20-8-5-11(6-9-20)10-19-13-12(14(15,16)17)4-3-7-18-13/h3-4,7,11H,2,5-6,8-10H2,1H3,(H,18,19). The summed E-state index contributed by atoms with van der Waals surface area (Å²) in [5.74, 6) is 0.360. The van der Waals surface area contributed by atoms with Crippen molar-refractivity contribution in [3.8, 4) is 0 Å². The lowest BCUT2D eigenvalue weighted by Gasteiger charge is -2.31. The van der Waals surface area contributed by atoms with Crippen LogP contribution in [0.3, 0.4) is 0 Å². The number of likely N-dealkylation sites (tertiary alicyclic amines) is 1. The van der Waals surface area contributed by atoms with Gasteiger partial charge in [0.25, 0.3) is 0 Å². The number of anilines is 1. The van der Waals surface area contributed by atoms with E-state index in [0.717, 1.165) is 38.5 Å². The number of halogens is 3. The highest BCUT2D eigenvalue weighted by atomic mass is 19.4. The van der Waals surface area contributed by atoms with Crippen molar-refractivity contribution >= 4 is 5.82 Å². The Labute approximate surface area is 117 Å². The van der Waals surface area contributed by atoms with Crippen molar-refractivity contribution in [2.75, 3.05) is 31.5 Å². The fourth-order valence-corrected chi connectivity index (χ4v) is 2.52. The molecule has 1 saturated heterocycles. The molecule has 0 saturated carbocycles. The Morgan fingerprint density at radius 1 is 1.35 bits per heavy atom. The third-order valence-corrected chi connectivity index (χ3v) is 3.83. The van der Waals surface area contributed by atoms with E-state index in [1.807, 2.05) is 0 Å². The van der Waals surface area contributed by atoms with Crippen molar-refractivity contribution in [2.45, 2.75) is 25.9 Å². The minimum atomic E-state index is -4.36. The summed E-state index contributed by atoms with van der Waals surface area (Å²) in [6, 6.07) is 2.38. The van der Waals surface area contributed by atoms with Crippen LogP contribution in [-0.2, 0) is 6.18 Å². The van der Waals surface area contributed by atoms with Crippen molar-refractivity contribution in [2.24, 2.45) is 5.92 Å². The van der Waals surface area contributed by atoms with Crippen molar-refractivity contribution in [1.82, 2.24) is 9.88 Å². The van der Waals surface area contributed by atoms with E-state index in [9.17, 15) is 13.2 Å². The van der Waals surface area contributed by atoms with Gasteiger partial charge in [-0.25, -0.2) is 4.98 Å². The lowest BCUT2D eigenvalue weighted by atomic mass is 9.97. The molecule has 1 aliphatic rings. The van der Waals surface area contributed by atoms with Crippen LogP contribution in [0.25, 0.3) is 0 Å². The quantitative estimate of drug-likeness (QED) is 0.921. The van der Waals surface area contributed by atoms with Gasteiger partial charge in [-0.3, -0.25) is 0 Å². The Kier molecular flexibility index (Phi) is 4.86. The van der Waals surface area contributed by atoms with Crippen LogP contribution >= 0.6 is 0 Å². The molecule has 0 aliphatic carbocycles. The van der Waals surface area contributed by atoms with Gasteiger partial charge in [-0.1, -0.05) is 6.92 Å². The summed E-state index contributed by atoms with van der Waals surface area (Å²) in [5, 5.41) is 2.87. The summed E-state index contributed by atoms with van der Waals surface area (Å²) < 4.78 is 38.5. The Morgan fingerprint density at radius 3 is 2.65 bits per heavy atom. The highest BCUT2D eigenvalue weighted by molar-refractivity contribution is 5.45. The first kappa shape index (κ1) is 15.1. The highest BCUT2D eigenvalue weighted by Gasteiger charge is 2.34. The largest absolute Gasteiger partial charge is 0.419 e. The maximum atomic E-state index is 12.8. The zero-order chi connectivity index (χ0) is 14.6. The fourth-order valence-electron chi connectivity index (χ4n) is 2.52. The van der Waals surface area contributed by atoms with E-state index >= 15 is 0 Å². The third kappa shape index (κ3) is 3.85. The molecule has 0 atom stereocenters. The van der Waals surface area contributed by atoms with Gasteiger partial charge in [0.2, 0.25) is 0 Å². The molecule has 0 aromatic carbocycles. The Hall–Kier alpha value is -1.30. The van der Waals surface area contributed by atoms with Gasteiger partial charge in [0, 0.05) is 12.7 Å². The SMILES string of the molecule is CCN1CCC(CNc2ncccc2C(F)(F)F)CC1. The van der Waals surface area contributed by atoms with Crippen molar-refractivity contribution in [3.63, 3.8) is 0 Å². The molecule has 0 radical (unpaired) electrons. The molecule has 1 N–H and O–H groups in total. The fraction of sp³-hybridized carbons (Fsp3) is 0.643. The van der Waals surface area contributed by atoms with Crippen molar-refractivity contribution in [1.29, 1.82) is 0 Å². The minimum absolute atomic E-state index is 0.0575. The monoisotopic (exact) mass is 287 g/mol. The third-order valence-electron chi connectivity index (χ3n) is 3.83. The molecule has 20 heavy (non-hydrogen) atoms. The smallest absolute Gasteiger partial charge is 0.369 e. The topological polar surface area (TPSA) is 28.2 Å². The van der Waals surface area contributed by atoms with Gasteiger partial charge >= 0.3 is 6.18 Å². The molecule has 1 aromatic rings. The molecule has 2 rings (SSSR count). The Morgan fingerprint density at radius 2 is 2.05 bits per heavy atom. The van der Waals surface area contributed by atoms with Crippen molar-refractivity contribution < 1.29 is 13.2 Å². The number of piperidine rings is 1. The van der Waals surface area contributed by atoms with Gasteiger partial charge in [-0.15, -0.1) is 0 Å². The number of rotatable bonds is 4. The molecule has 2 heterocycles. The van der Waals surface area contributed by atoms with Gasteiger partial charge in [0.15, 0.2) is 0 Å². The predicted molar refractivity (Wildman–Crippen MR) is 72.6 cm³/mol. The van der Waals surface area contributed by atoms with Crippen LogP contribution in [0.5, 0.6) is 0 Å². The Balaban J connectivity index is 1.92. The van der Waals surface area contributed by atoms with E-state index < -0.39 is 11.7 Å². The van der Waals surface area contributed by atoms with E-state index in [4.69, 9.17) is 0 Å². The summed E-state index contributed by atoms with van der Waals surface area (Å²) in [5.41, 5.74) is -0.689. The molecule has 3 nitrogen and oxygen atoms in total. The van der Waals surface area contributed by atoms with Crippen LogP contribution < -0.4 is 5.32 Å². The van der Waals surface area contributed by atoms with Crippen LogP contribution in [-0.4, -0.2) is 36.1 Å². The van der Waals surface area contributed by atoms with Crippen LogP contribution in [0, 0.1) is 5.92 Å². The second-order valence-corrected chi connectivity index (χ2v) is 5.16. The van der Waals surface area contributed by atoms with Gasteiger partial charge in [0.1, 0.15) is 5.82 Å². The van der Waals surface area contributed by atoms with Crippen LogP contribution in [0.1, 0.15) is 25.3 Å². The summed E-state index contributed by atoms with van der Waals surface area (Å²) in [6.45, 7) is 5.77. The van der Waals surface area contributed by atoms with Crippen LogP contribution in [0.15, 0.2) is 18.3 Å². The summed E-state index contributed by atoms with van der Waals surface area (Å²) >= 11 is 0. The summed E-state index contributed by atoms with van der Waals surface area (Å²) in [7, 11) is 0. The number of hydrogen-bond acceptors (Lipinski definition) is 3. The molecule has 112 valence electrons. The first-order chi connectivity index (χ1) is 9.50. The number of nitrogens with one attached hydrogen (secondary N) is 1. The van der Waals surface area contributed by atoms with Gasteiger partial charge in [-0.2, -0.15) is 13.2 Å². The predicted octanol–water partition coefficient (Wildman–Crippen LogP) is 3.24. The lowest BCUT2D eigenvalue weighted by Crippen LogP contribution is -2.35. The molecule has 1 aromatic heterocycles. The summed E-state index contributed by atoms with van der Waals surface area (Å²) in [6.07, 6.45) is -0.927. The molecular weight excluding hydrogens is 267 g/mol. The minimum Gasteiger partial charge on any atom is -0.369 e. The zero-order valence-electron chi connectivity index (χ0n) is 11.6. The second kappa shape index (κ2) is 6.43. The average molecular weight is 287 g/mol. The normalized spacial score (nSPS) is 18.2. The van der Waals surface area contributed by atoms with Gasteiger partial charge < -0.3 is 10.2 Å². The molecule has 0 spiro atoms. The number of hydrogen-bond donors (Lipinski definition) is 1. The maximum Gasteiger partial charge on any atom is 0.419 e.